The van der Waals surface area contributed by atoms with Crippen LogP contribution >= 0.6 is 0 Å². The quantitative estimate of drug-likeness (QED) is 0.863. The van der Waals surface area contributed by atoms with Gasteiger partial charge in [0.15, 0.2) is 0 Å². The van der Waals surface area contributed by atoms with Crippen molar-refractivity contribution < 1.29 is 14.3 Å². The summed E-state index contributed by atoms with van der Waals surface area (Å²) in [5, 5.41) is 8.84. The Labute approximate surface area is 108 Å². The maximum absolute atomic E-state index is 13.2. The lowest BCUT2D eigenvalue weighted by Crippen LogP contribution is -2.18. The van der Waals surface area contributed by atoms with E-state index in [1.54, 1.807) is 0 Å². The highest BCUT2D eigenvalue weighted by Gasteiger charge is 2.22. The number of carbonyl (C=O) groups is 1. The van der Waals surface area contributed by atoms with E-state index in [1.807, 2.05) is 27.7 Å². The van der Waals surface area contributed by atoms with Crippen molar-refractivity contribution >= 4 is 5.97 Å². The van der Waals surface area contributed by atoms with Gasteiger partial charge >= 0.3 is 5.97 Å². The van der Waals surface area contributed by atoms with Gasteiger partial charge in [0.1, 0.15) is 5.82 Å². The molecule has 3 heteroatoms. The van der Waals surface area contributed by atoms with Crippen LogP contribution in [0.1, 0.15) is 43.4 Å². The van der Waals surface area contributed by atoms with Crippen LogP contribution in [0.5, 0.6) is 0 Å². The maximum atomic E-state index is 13.2. The van der Waals surface area contributed by atoms with Crippen LogP contribution in [0.25, 0.3) is 0 Å². The highest BCUT2D eigenvalue weighted by Crippen LogP contribution is 2.29. The number of aliphatic carboxylic acids is 1. The summed E-state index contributed by atoms with van der Waals surface area (Å²) < 4.78 is 13.2. The third-order valence-corrected chi connectivity index (χ3v) is 3.34. The second-order valence-corrected chi connectivity index (χ2v) is 5.75. The Balaban J connectivity index is 2.78. The minimum atomic E-state index is -0.771. The van der Waals surface area contributed by atoms with Crippen LogP contribution in [-0.4, -0.2) is 11.1 Å². The lowest BCUT2D eigenvalue weighted by molar-refractivity contribution is -0.139. The van der Waals surface area contributed by atoms with Crippen LogP contribution in [0.15, 0.2) is 12.1 Å². The fourth-order valence-electron chi connectivity index (χ4n) is 2.30. The summed E-state index contributed by atoms with van der Waals surface area (Å²) in [6.07, 6.45) is 1.73. The van der Waals surface area contributed by atoms with Gasteiger partial charge in [-0.1, -0.05) is 13.8 Å². The van der Waals surface area contributed by atoms with Crippen LogP contribution in [0.2, 0.25) is 0 Å². The highest BCUT2D eigenvalue weighted by atomic mass is 19.1. The second-order valence-electron chi connectivity index (χ2n) is 5.75. The number of carboxylic acid groups (broad SMARTS) is 1. The van der Waals surface area contributed by atoms with E-state index in [0.29, 0.717) is 0 Å². The van der Waals surface area contributed by atoms with Crippen molar-refractivity contribution in [2.24, 2.45) is 5.41 Å². The number of aryl methyl sites for hydroxylation is 2. The highest BCUT2D eigenvalue weighted by molar-refractivity contribution is 5.67. The first-order valence-electron chi connectivity index (χ1n) is 6.19. The van der Waals surface area contributed by atoms with Gasteiger partial charge < -0.3 is 5.11 Å². The summed E-state index contributed by atoms with van der Waals surface area (Å²) in [6, 6.07) is 3.07. The Kier molecular flexibility index (Phi) is 4.49. The van der Waals surface area contributed by atoms with E-state index in [4.69, 9.17) is 5.11 Å². The molecule has 0 spiro atoms. The van der Waals surface area contributed by atoms with Crippen LogP contribution < -0.4 is 0 Å². The van der Waals surface area contributed by atoms with E-state index in [1.165, 1.54) is 12.1 Å². The maximum Gasteiger partial charge on any atom is 0.303 e. The van der Waals surface area contributed by atoms with E-state index >= 15 is 0 Å². The molecule has 0 saturated heterocycles. The fraction of sp³-hybridized carbons (Fsp3) is 0.533. The van der Waals surface area contributed by atoms with Crippen LogP contribution in [0, 0.1) is 25.1 Å². The summed E-state index contributed by atoms with van der Waals surface area (Å²) in [5.74, 6) is -0.980. The topological polar surface area (TPSA) is 37.3 Å². The molecule has 1 rings (SSSR count). The number of rotatable bonds is 5. The molecule has 0 bridgehead atoms. The molecule has 1 aromatic rings. The molecule has 0 heterocycles. The van der Waals surface area contributed by atoms with Gasteiger partial charge in [0.05, 0.1) is 6.42 Å². The van der Waals surface area contributed by atoms with Crippen molar-refractivity contribution in [2.75, 3.05) is 0 Å². The number of hydrogen-bond acceptors (Lipinski definition) is 1. The second kappa shape index (κ2) is 5.51. The standard InChI is InChI=1S/C15H21FO2/c1-10-7-12(16)8-11(2)13(10)5-6-15(3,4)9-14(17)18/h7-8H,5-6,9H2,1-4H3,(H,17,18). The number of benzene rings is 1. The summed E-state index contributed by atoms with van der Waals surface area (Å²) in [7, 11) is 0. The van der Waals surface area contributed by atoms with Crippen molar-refractivity contribution in [3.8, 4) is 0 Å². The van der Waals surface area contributed by atoms with Crippen LogP contribution in [0.3, 0.4) is 0 Å². The minimum Gasteiger partial charge on any atom is -0.481 e. The van der Waals surface area contributed by atoms with Gasteiger partial charge in [-0.2, -0.15) is 0 Å². The zero-order valence-corrected chi connectivity index (χ0v) is 11.5. The molecule has 100 valence electrons. The smallest absolute Gasteiger partial charge is 0.303 e. The zero-order valence-electron chi connectivity index (χ0n) is 11.5. The van der Waals surface area contributed by atoms with E-state index in [-0.39, 0.29) is 17.7 Å². The average molecular weight is 252 g/mol. The molecule has 0 radical (unpaired) electrons. The minimum absolute atomic E-state index is 0.159. The molecule has 0 atom stereocenters. The molecular weight excluding hydrogens is 231 g/mol. The summed E-state index contributed by atoms with van der Waals surface area (Å²) in [5.41, 5.74) is 2.78. The Morgan fingerprint density at radius 1 is 1.28 bits per heavy atom. The summed E-state index contributed by atoms with van der Waals surface area (Å²) >= 11 is 0. The van der Waals surface area contributed by atoms with E-state index in [2.05, 4.69) is 0 Å². The van der Waals surface area contributed by atoms with E-state index in [0.717, 1.165) is 29.5 Å². The Morgan fingerprint density at radius 3 is 2.22 bits per heavy atom. The molecule has 0 aliphatic heterocycles. The van der Waals surface area contributed by atoms with Gasteiger partial charge in [-0.25, -0.2) is 4.39 Å². The summed E-state index contributed by atoms with van der Waals surface area (Å²) in [6.45, 7) is 7.70. The molecule has 0 amide bonds. The Hall–Kier alpha value is -1.38. The van der Waals surface area contributed by atoms with Crippen molar-refractivity contribution in [3.05, 3.63) is 34.6 Å². The van der Waals surface area contributed by atoms with Gasteiger partial charge in [0.2, 0.25) is 0 Å². The van der Waals surface area contributed by atoms with E-state index in [9.17, 15) is 9.18 Å². The predicted octanol–water partition coefficient (Wildman–Crippen LogP) is 3.88. The Morgan fingerprint density at radius 2 is 1.78 bits per heavy atom. The SMILES string of the molecule is Cc1cc(F)cc(C)c1CCC(C)(C)CC(=O)O. The van der Waals surface area contributed by atoms with Crippen molar-refractivity contribution in [2.45, 2.75) is 47.0 Å². The van der Waals surface area contributed by atoms with Gasteiger partial charge in [0.25, 0.3) is 0 Å². The van der Waals surface area contributed by atoms with E-state index < -0.39 is 5.97 Å². The molecule has 1 aromatic carbocycles. The molecule has 0 aliphatic carbocycles. The molecule has 0 unspecified atom stereocenters. The molecule has 0 saturated carbocycles. The average Bonchev–Trinajstić information content (AvgIpc) is 2.12. The predicted molar refractivity (Wildman–Crippen MR) is 70.2 cm³/mol. The van der Waals surface area contributed by atoms with Crippen LogP contribution in [-0.2, 0) is 11.2 Å². The first-order chi connectivity index (χ1) is 8.21. The number of carboxylic acids is 1. The van der Waals surface area contributed by atoms with Gasteiger partial charge in [0, 0.05) is 0 Å². The summed E-state index contributed by atoms with van der Waals surface area (Å²) in [4.78, 5) is 10.8. The fourth-order valence-corrected chi connectivity index (χ4v) is 2.30. The molecule has 18 heavy (non-hydrogen) atoms. The molecule has 0 fully saturated rings. The van der Waals surface area contributed by atoms with Crippen molar-refractivity contribution in [1.82, 2.24) is 0 Å². The van der Waals surface area contributed by atoms with Crippen LogP contribution in [0.4, 0.5) is 4.39 Å². The number of halogens is 1. The number of hydrogen-bond donors (Lipinski definition) is 1. The lowest BCUT2D eigenvalue weighted by Gasteiger charge is -2.23. The molecule has 0 aliphatic rings. The monoisotopic (exact) mass is 252 g/mol. The normalized spacial score (nSPS) is 11.6. The molecule has 0 aromatic heterocycles. The third-order valence-electron chi connectivity index (χ3n) is 3.34. The zero-order chi connectivity index (χ0) is 13.9. The lowest BCUT2D eigenvalue weighted by atomic mass is 9.82. The first kappa shape index (κ1) is 14.7. The van der Waals surface area contributed by atoms with Gasteiger partial charge in [-0.15, -0.1) is 0 Å². The largest absolute Gasteiger partial charge is 0.481 e. The third kappa shape index (κ3) is 4.13. The molecule has 1 N–H and O–H groups in total. The molecular formula is C15H21FO2. The Bertz CT molecular complexity index is 427. The van der Waals surface area contributed by atoms with Gasteiger partial charge in [-0.3, -0.25) is 4.79 Å². The molecule has 2 nitrogen and oxygen atoms in total. The van der Waals surface area contributed by atoms with Crippen molar-refractivity contribution in [3.63, 3.8) is 0 Å². The van der Waals surface area contributed by atoms with Crippen molar-refractivity contribution in [1.29, 1.82) is 0 Å². The van der Waals surface area contributed by atoms with Gasteiger partial charge in [-0.05, 0) is 60.9 Å². The first-order valence-corrected chi connectivity index (χ1v) is 6.19.